The first-order chi connectivity index (χ1) is 4.81. The van der Waals surface area contributed by atoms with E-state index in [2.05, 4.69) is 5.48 Å². The molecular weight excluding hydrogens is 146 g/mol. The van der Waals surface area contributed by atoms with Crippen LogP contribution in [0.15, 0.2) is 0 Å². The van der Waals surface area contributed by atoms with Gasteiger partial charge in [0.2, 0.25) is 0 Å². The molecule has 0 aromatic rings. The van der Waals surface area contributed by atoms with Gasteiger partial charge in [0.1, 0.15) is 10.6 Å². The van der Waals surface area contributed by atoms with E-state index >= 15 is 0 Å². The maximum atomic E-state index is 5.42. The highest BCUT2D eigenvalue weighted by molar-refractivity contribution is 7.80. The molecule has 1 heterocycles. The number of hydroxylamine groups is 1. The molecule has 0 bridgehead atoms. The van der Waals surface area contributed by atoms with Crippen LogP contribution in [0.2, 0.25) is 0 Å². The molecule has 0 aromatic carbocycles. The van der Waals surface area contributed by atoms with E-state index in [9.17, 15) is 0 Å². The fraction of sp³-hybridized carbons (Fsp3) is 0.857. The zero-order chi connectivity index (χ0) is 7.03. The van der Waals surface area contributed by atoms with Crippen LogP contribution in [-0.4, -0.2) is 10.6 Å². The van der Waals surface area contributed by atoms with Gasteiger partial charge in [0.05, 0.1) is 0 Å². The molecule has 0 atom stereocenters. The fourth-order valence-corrected chi connectivity index (χ4v) is 2.13. The Labute approximate surface area is 65.9 Å². The summed E-state index contributed by atoms with van der Waals surface area (Å²) in [6.07, 6.45) is 5.90. The van der Waals surface area contributed by atoms with E-state index in [-0.39, 0.29) is 5.60 Å². The van der Waals surface area contributed by atoms with E-state index < -0.39 is 0 Å². The Hall–Kier alpha value is -0.150. The van der Waals surface area contributed by atoms with Crippen LogP contribution in [0.25, 0.3) is 0 Å². The molecule has 0 amide bonds. The third-order valence-electron chi connectivity index (χ3n) is 2.38. The smallest absolute Gasteiger partial charge is 0.103 e. The molecule has 2 nitrogen and oxygen atoms in total. The predicted molar refractivity (Wildman–Crippen MR) is 42.6 cm³/mol. The molecule has 2 aliphatic rings. The van der Waals surface area contributed by atoms with E-state index in [1.165, 1.54) is 25.7 Å². The molecule has 2 fully saturated rings. The lowest BCUT2D eigenvalue weighted by Crippen LogP contribution is -2.24. The van der Waals surface area contributed by atoms with Gasteiger partial charge in [0.25, 0.3) is 0 Å². The maximum absolute atomic E-state index is 5.42. The molecule has 1 saturated carbocycles. The second-order valence-corrected chi connectivity index (χ2v) is 3.69. The Balaban J connectivity index is 2.09. The van der Waals surface area contributed by atoms with E-state index in [0.29, 0.717) is 0 Å². The fourth-order valence-electron chi connectivity index (χ4n) is 1.83. The molecule has 0 unspecified atom stereocenters. The van der Waals surface area contributed by atoms with Crippen LogP contribution >= 0.6 is 12.2 Å². The summed E-state index contributed by atoms with van der Waals surface area (Å²) in [6.45, 7) is 0. The second kappa shape index (κ2) is 2.17. The first-order valence-corrected chi connectivity index (χ1v) is 4.18. The number of hydrogen-bond acceptors (Lipinski definition) is 2. The summed E-state index contributed by atoms with van der Waals surface area (Å²) in [7, 11) is 0. The normalized spacial score (nSPS) is 29.4. The van der Waals surface area contributed by atoms with Gasteiger partial charge in [-0.3, -0.25) is 10.3 Å². The first kappa shape index (κ1) is 6.55. The van der Waals surface area contributed by atoms with Crippen LogP contribution in [-0.2, 0) is 4.84 Å². The molecule has 1 saturated heterocycles. The number of hydrogen-bond donors (Lipinski definition) is 1. The van der Waals surface area contributed by atoms with Crippen molar-refractivity contribution in [2.45, 2.75) is 37.7 Å². The van der Waals surface area contributed by atoms with Crippen molar-refractivity contribution < 1.29 is 4.84 Å². The van der Waals surface area contributed by atoms with Crippen molar-refractivity contribution in [2.24, 2.45) is 0 Å². The summed E-state index contributed by atoms with van der Waals surface area (Å²) < 4.78 is 0. The van der Waals surface area contributed by atoms with Crippen LogP contribution in [0.1, 0.15) is 32.1 Å². The van der Waals surface area contributed by atoms with Crippen molar-refractivity contribution in [3.8, 4) is 0 Å². The zero-order valence-electron chi connectivity index (χ0n) is 5.85. The summed E-state index contributed by atoms with van der Waals surface area (Å²) in [4.78, 5) is 6.30. The van der Waals surface area contributed by atoms with E-state index in [1.54, 1.807) is 0 Å². The molecule has 0 radical (unpaired) electrons. The van der Waals surface area contributed by atoms with E-state index in [4.69, 9.17) is 17.1 Å². The Morgan fingerprint density at radius 3 is 2.60 bits per heavy atom. The number of nitrogens with one attached hydrogen (secondary N) is 1. The molecular formula is C7H11NOS. The van der Waals surface area contributed by atoms with Gasteiger partial charge in [-0.25, -0.2) is 0 Å². The van der Waals surface area contributed by atoms with Crippen LogP contribution in [0, 0.1) is 0 Å². The van der Waals surface area contributed by atoms with Gasteiger partial charge in [-0.2, -0.15) is 0 Å². The highest BCUT2D eigenvalue weighted by atomic mass is 32.1. The van der Waals surface area contributed by atoms with Crippen molar-refractivity contribution in [1.82, 2.24) is 5.48 Å². The summed E-state index contributed by atoms with van der Waals surface area (Å²) in [5, 5.41) is 0. The van der Waals surface area contributed by atoms with Gasteiger partial charge in [-0.15, -0.1) is 0 Å². The SMILES string of the molecule is S=C1CC2(CCCC2)ON1. The Morgan fingerprint density at radius 2 is 2.10 bits per heavy atom. The molecule has 2 rings (SSSR count). The molecule has 3 heteroatoms. The summed E-state index contributed by atoms with van der Waals surface area (Å²) in [5.41, 5.74) is 2.89. The van der Waals surface area contributed by atoms with Gasteiger partial charge in [-0.05, 0) is 12.8 Å². The topological polar surface area (TPSA) is 21.3 Å². The Morgan fingerprint density at radius 1 is 1.40 bits per heavy atom. The molecule has 1 N–H and O–H groups in total. The van der Waals surface area contributed by atoms with Crippen molar-refractivity contribution in [1.29, 1.82) is 0 Å². The van der Waals surface area contributed by atoms with Crippen molar-refractivity contribution in [3.05, 3.63) is 0 Å². The molecule has 10 heavy (non-hydrogen) atoms. The second-order valence-electron chi connectivity index (χ2n) is 3.19. The lowest BCUT2D eigenvalue weighted by molar-refractivity contribution is -0.0419. The van der Waals surface area contributed by atoms with E-state index in [0.717, 1.165) is 11.4 Å². The Bertz CT molecular complexity index is 163. The molecule has 0 aromatic heterocycles. The maximum Gasteiger partial charge on any atom is 0.103 e. The summed E-state index contributed by atoms with van der Waals surface area (Å²) in [5.74, 6) is 0. The number of rotatable bonds is 0. The highest BCUT2D eigenvalue weighted by Gasteiger charge is 2.40. The number of thiocarbonyl (C=S) groups is 1. The van der Waals surface area contributed by atoms with Crippen molar-refractivity contribution in [2.75, 3.05) is 0 Å². The highest BCUT2D eigenvalue weighted by Crippen LogP contribution is 2.38. The summed E-state index contributed by atoms with van der Waals surface area (Å²) in [6, 6.07) is 0. The molecule has 1 spiro atoms. The van der Waals surface area contributed by atoms with Crippen LogP contribution in [0.5, 0.6) is 0 Å². The van der Waals surface area contributed by atoms with Crippen molar-refractivity contribution >= 4 is 17.2 Å². The monoisotopic (exact) mass is 157 g/mol. The standard InChI is InChI=1S/C7H11NOS/c10-6-5-7(9-8-6)3-1-2-4-7/h1-5H2,(H,8,10). The third kappa shape index (κ3) is 0.935. The van der Waals surface area contributed by atoms with Gasteiger partial charge in [0, 0.05) is 6.42 Å². The summed E-state index contributed by atoms with van der Waals surface area (Å²) >= 11 is 4.99. The average molecular weight is 157 g/mol. The minimum absolute atomic E-state index is 0.108. The lowest BCUT2D eigenvalue weighted by Gasteiger charge is -2.17. The van der Waals surface area contributed by atoms with E-state index in [1.807, 2.05) is 0 Å². The zero-order valence-corrected chi connectivity index (χ0v) is 6.67. The van der Waals surface area contributed by atoms with Crippen molar-refractivity contribution in [3.63, 3.8) is 0 Å². The first-order valence-electron chi connectivity index (χ1n) is 3.78. The molecule has 1 aliphatic carbocycles. The largest absolute Gasteiger partial charge is 0.269 e. The van der Waals surface area contributed by atoms with Gasteiger partial charge < -0.3 is 0 Å². The Kier molecular flexibility index (Phi) is 1.42. The molecule has 56 valence electrons. The quantitative estimate of drug-likeness (QED) is 0.539. The predicted octanol–water partition coefficient (Wildman–Crippen LogP) is 1.55. The van der Waals surface area contributed by atoms with Gasteiger partial charge in [-0.1, -0.05) is 25.1 Å². The van der Waals surface area contributed by atoms with Gasteiger partial charge in [0.15, 0.2) is 0 Å². The van der Waals surface area contributed by atoms with Crippen LogP contribution in [0.3, 0.4) is 0 Å². The van der Waals surface area contributed by atoms with Crippen LogP contribution in [0.4, 0.5) is 0 Å². The molecule has 1 aliphatic heterocycles. The average Bonchev–Trinajstić information content (AvgIpc) is 2.46. The minimum Gasteiger partial charge on any atom is -0.269 e. The third-order valence-corrected chi connectivity index (χ3v) is 2.61. The minimum atomic E-state index is 0.108. The van der Waals surface area contributed by atoms with Crippen LogP contribution < -0.4 is 5.48 Å². The van der Waals surface area contributed by atoms with Gasteiger partial charge >= 0.3 is 0 Å². The lowest BCUT2D eigenvalue weighted by atomic mass is 9.99.